The molecule has 0 spiro atoms. The highest BCUT2D eigenvalue weighted by atomic mass is 16.4. The molecular weight excluding hydrogens is 236 g/mol. The molecule has 6 nitrogen and oxygen atoms in total. The number of amides is 2. The number of carbonyl (C=O) groups excluding carboxylic acids is 2. The van der Waals surface area contributed by atoms with Crippen LogP contribution in [0, 0.1) is 5.41 Å². The van der Waals surface area contributed by atoms with E-state index in [4.69, 9.17) is 5.11 Å². The second kappa shape index (κ2) is 5.37. The van der Waals surface area contributed by atoms with E-state index in [1.165, 1.54) is 4.90 Å². The Balaban J connectivity index is 2.92. The van der Waals surface area contributed by atoms with Crippen molar-refractivity contribution in [2.45, 2.75) is 39.7 Å². The largest absolute Gasteiger partial charge is 0.481 e. The molecule has 0 saturated carbocycles. The quantitative estimate of drug-likeness (QED) is 0.753. The van der Waals surface area contributed by atoms with Gasteiger partial charge in [0.2, 0.25) is 11.8 Å². The van der Waals surface area contributed by atoms with Gasteiger partial charge in [0.15, 0.2) is 0 Å². The van der Waals surface area contributed by atoms with Crippen LogP contribution in [0.5, 0.6) is 0 Å². The predicted octanol–water partition coefficient (Wildman–Crippen LogP) is 0.224. The third-order valence-electron chi connectivity index (χ3n) is 3.42. The van der Waals surface area contributed by atoms with Gasteiger partial charge in [-0.25, -0.2) is 0 Å². The molecule has 0 aromatic heterocycles. The molecule has 0 aliphatic carbocycles. The molecule has 1 aliphatic rings. The topological polar surface area (TPSA) is 86.7 Å². The minimum atomic E-state index is -1.08. The number of carboxylic acid groups (broad SMARTS) is 1. The molecule has 2 amide bonds. The van der Waals surface area contributed by atoms with Gasteiger partial charge in [0.05, 0.1) is 6.42 Å². The van der Waals surface area contributed by atoms with Crippen LogP contribution in [0.3, 0.4) is 0 Å². The maximum atomic E-state index is 12.3. The van der Waals surface area contributed by atoms with Gasteiger partial charge < -0.3 is 15.3 Å². The Morgan fingerprint density at radius 2 is 2.11 bits per heavy atom. The molecule has 0 bridgehead atoms. The van der Waals surface area contributed by atoms with Crippen molar-refractivity contribution < 1.29 is 19.5 Å². The van der Waals surface area contributed by atoms with Crippen LogP contribution in [-0.2, 0) is 14.4 Å². The van der Waals surface area contributed by atoms with Gasteiger partial charge in [0.25, 0.3) is 0 Å². The summed E-state index contributed by atoms with van der Waals surface area (Å²) in [5, 5.41) is 11.4. The summed E-state index contributed by atoms with van der Waals surface area (Å²) in [6.45, 7) is 6.25. The van der Waals surface area contributed by atoms with Crippen molar-refractivity contribution in [3.8, 4) is 0 Å². The minimum absolute atomic E-state index is 0.161. The number of hydrogen-bond donors (Lipinski definition) is 2. The van der Waals surface area contributed by atoms with Crippen LogP contribution < -0.4 is 5.32 Å². The molecule has 1 heterocycles. The van der Waals surface area contributed by atoms with Gasteiger partial charge in [-0.05, 0) is 6.42 Å². The van der Waals surface area contributed by atoms with Gasteiger partial charge in [0.1, 0.15) is 6.04 Å². The molecule has 1 aliphatic heterocycles. The van der Waals surface area contributed by atoms with Crippen molar-refractivity contribution in [3.05, 3.63) is 0 Å². The van der Waals surface area contributed by atoms with Gasteiger partial charge in [-0.15, -0.1) is 0 Å². The Morgan fingerprint density at radius 3 is 2.61 bits per heavy atom. The molecule has 0 radical (unpaired) electrons. The first-order chi connectivity index (χ1) is 8.29. The molecule has 1 unspecified atom stereocenters. The van der Waals surface area contributed by atoms with Crippen molar-refractivity contribution in [2.75, 3.05) is 13.1 Å². The maximum Gasteiger partial charge on any atom is 0.305 e. The zero-order valence-electron chi connectivity index (χ0n) is 11.0. The van der Waals surface area contributed by atoms with Crippen LogP contribution >= 0.6 is 0 Å². The Hall–Kier alpha value is -1.59. The Labute approximate surface area is 106 Å². The average molecular weight is 256 g/mol. The summed E-state index contributed by atoms with van der Waals surface area (Å²) < 4.78 is 0. The summed E-state index contributed by atoms with van der Waals surface area (Å²) in [7, 11) is 0. The van der Waals surface area contributed by atoms with E-state index in [0.29, 0.717) is 19.5 Å². The zero-order chi connectivity index (χ0) is 13.9. The molecule has 6 heteroatoms. The van der Waals surface area contributed by atoms with Crippen molar-refractivity contribution >= 4 is 17.8 Å². The molecule has 1 atom stereocenters. The molecule has 102 valence electrons. The SMILES string of the molecule is CCC(C)(C)C(=O)N1CCNC(=O)C1CC(=O)O. The predicted molar refractivity (Wildman–Crippen MR) is 64.8 cm³/mol. The lowest BCUT2D eigenvalue weighted by molar-refractivity contribution is -0.153. The van der Waals surface area contributed by atoms with E-state index in [9.17, 15) is 14.4 Å². The third-order valence-corrected chi connectivity index (χ3v) is 3.42. The fourth-order valence-electron chi connectivity index (χ4n) is 1.87. The summed E-state index contributed by atoms with van der Waals surface area (Å²) >= 11 is 0. The van der Waals surface area contributed by atoms with Gasteiger partial charge in [-0.2, -0.15) is 0 Å². The second-order valence-corrected chi connectivity index (χ2v) is 5.14. The standard InChI is InChI=1S/C12H20N2O4/c1-4-12(2,3)11(18)14-6-5-13-10(17)8(14)7-9(15)16/h8H,4-7H2,1-3H3,(H,13,17)(H,15,16). The Kier molecular flexibility index (Phi) is 4.32. The molecule has 0 aromatic carbocycles. The highest BCUT2D eigenvalue weighted by Crippen LogP contribution is 2.25. The van der Waals surface area contributed by atoms with Crippen molar-refractivity contribution in [3.63, 3.8) is 0 Å². The van der Waals surface area contributed by atoms with E-state index in [1.54, 1.807) is 13.8 Å². The average Bonchev–Trinajstić information content (AvgIpc) is 2.30. The third kappa shape index (κ3) is 3.00. The van der Waals surface area contributed by atoms with E-state index in [-0.39, 0.29) is 18.2 Å². The number of nitrogens with one attached hydrogen (secondary N) is 1. The van der Waals surface area contributed by atoms with Crippen molar-refractivity contribution in [1.29, 1.82) is 0 Å². The van der Waals surface area contributed by atoms with Crippen LogP contribution in [0.15, 0.2) is 0 Å². The summed E-state index contributed by atoms with van der Waals surface area (Å²) in [5.74, 6) is -1.63. The number of hydrogen-bond acceptors (Lipinski definition) is 3. The van der Waals surface area contributed by atoms with Gasteiger partial charge in [-0.1, -0.05) is 20.8 Å². The lowest BCUT2D eigenvalue weighted by Gasteiger charge is -2.38. The van der Waals surface area contributed by atoms with Crippen LogP contribution in [0.25, 0.3) is 0 Å². The first kappa shape index (κ1) is 14.5. The van der Waals surface area contributed by atoms with Crippen molar-refractivity contribution in [2.24, 2.45) is 5.41 Å². The van der Waals surface area contributed by atoms with Crippen LogP contribution in [0.4, 0.5) is 0 Å². The van der Waals surface area contributed by atoms with E-state index < -0.39 is 17.4 Å². The zero-order valence-corrected chi connectivity index (χ0v) is 11.0. The van der Waals surface area contributed by atoms with Crippen molar-refractivity contribution in [1.82, 2.24) is 10.2 Å². The number of rotatable bonds is 4. The molecule has 0 aromatic rings. The molecule has 1 fully saturated rings. The monoisotopic (exact) mass is 256 g/mol. The highest BCUT2D eigenvalue weighted by molar-refractivity contribution is 5.93. The van der Waals surface area contributed by atoms with Crippen LogP contribution in [0.2, 0.25) is 0 Å². The molecule has 18 heavy (non-hydrogen) atoms. The van der Waals surface area contributed by atoms with E-state index >= 15 is 0 Å². The fraction of sp³-hybridized carbons (Fsp3) is 0.750. The first-order valence-corrected chi connectivity index (χ1v) is 6.10. The van der Waals surface area contributed by atoms with E-state index in [1.807, 2.05) is 6.92 Å². The second-order valence-electron chi connectivity index (χ2n) is 5.14. The number of aliphatic carboxylic acids is 1. The summed E-state index contributed by atoms with van der Waals surface area (Å²) in [4.78, 5) is 36.2. The van der Waals surface area contributed by atoms with E-state index in [2.05, 4.69) is 5.32 Å². The molecule has 1 rings (SSSR count). The molecule has 2 N–H and O–H groups in total. The highest BCUT2D eigenvalue weighted by Gasteiger charge is 2.39. The van der Waals surface area contributed by atoms with Crippen LogP contribution in [-0.4, -0.2) is 46.9 Å². The number of carboxylic acids is 1. The lowest BCUT2D eigenvalue weighted by atomic mass is 9.87. The molecular formula is C12H20N2O4. The number of nitrogens with zero attached hydrogens (tertiary/aromatic N) is 1. The Morgan fingerprint density at radius 1 is 1.50 bits per heavy atom. The molecule has 1 saturated heterocycles. The first-order valence-electron chi connectivity index (χ1n) is 6.10. The van der Waals surface area contributed by atoms with E-state index in [0.717, 1.165) is 0 Å². The fourth-order valence-corrected chi connectivity index (χ4v) is 1.87. The Bertz CT molecular complexity index is 365. The van der Waals surface area contributed by atoms with Crippen LogP contribution in [0.1, 0.15) is 33.6 Å². The minimum Gasteiger partial charge on any atom is -0.481 e. The lowest BCUT2D eigenvalue weighted by Crippen LogP contribution is -2.60. The smallest absolute Gasteiger partial charge is 0.305 e. The van der Waals surface area contributed by atoms with Gasteiger partial charge >= 0.3 is 5.97 Å². The summed E-state index contributed by atoms with van der Waals surface area (Å²) in [6, 6.07) is -0.894. The maximum absolute atomic E-state index is 12.3. The summed E-state index contributed by atoms with van der Waals surface area (Å²) in [5.41, 5.74) is -0.575. The number of carbonyl (C=O) groups is 3. The number of piperazine rings is 1. The normalized spacial score (nSPS) is 20.5. The summed E-state index contributed by atoms with van der Waals surface area (Å²) in [6.07, 6.45) is 0.293. The van der Waals surface area contributed by atoms with Gasteiger partial charge in [0, 0.05) is 18.5 Å². The van der Waals surface area contributed by atoms with Gasteiger partial charge in [-0.3, -0.25) is 14.4 Å².